The maximum atomic E-state index is 12.3. The van der Waals surface area contributed by atoms with E-state index in [2.05, 4.69) is 5.32 Å². The van der Waals surface area contributed by atoms with Gasteiger partial charge in [-0.3, -0.25) is 4.79 Å². The average Bonchev–Trinajstić information content (AvgIpc) is 2.59. The Balaban J connectivity index is 2.02. The van der Waals surface area contributed by atoms with Crippen molar-refractivity contribution in [2.75, 3.05) is 11.9 Å². The summed E-state index contributed by atoms with van der Waals surface area (Å²) < 4.78 is 10.3. The lowest BCUT2D eigenvalue weighted by Gasteiger charge is -2.13. The summed E-state index contributed by atoms with van der Waals surface area (Å²) in [4.78, 5) is 23.8. The predicted molar refractivity (Wildman–Crippen MR) is 97.6 cm³/mol. The number of carbonyl (C=O) groups is 2. The maximum absolute atomic E-state index is 12.3. The lowest BCUT2D eigenvalue weighted by Crippen LogP contribution is -2.26. The van der Waals surface area contributed by atoms with Gasteiger partial charge in [0.15, 0.2) is 6.10 Å². The third-order valence-electron chi connectivity index (χ3n) is 3.22. The SMILES string of the molecule is CCOC(=O)[C@@H](C)Oc1ccc(C(=O)Nc2cc(Cl)ccc2Cl)cc1. The van der Waals surface area contributed by atoms with Gasteiger partial charge in [-0.2, -0.15) is 0 Å². The molecule has 1 atom stereocenters. The number of amides is 1. The van der Waals surface area contributed by atoms with Crippen LogP contribution in [0.15, 0.2) is 42.5 Å². The van der Waals surface area contributed by atoms with Crippen LogP contribution in [-0.2, 0) is 9.53 Å². The summed E-state index contributed by atoms with van der Waals surface area (Å²) in [7, 11) is 0. The average molecular weight is 382 g/mol. The Hall–Kier alpha value is -2.24. The molecule has 0 aliphatic heterocycles. The smallest absolute Gasteiger partial charge is 0.347 e. The van der Waals surface area contributed by atoms with Crippen molar-refractivity contribution in [1.82, 2.24) is 0 Å². The molecule has 25 heavy (non-hydrogen) atoms. The lowest BCUT2D eigenvalue weighted by molar-refractivity contribution is -0.150. The molecule has 0 radical (unpaired) electrons. The summed E-state index contributed by atoms with van der Waals surface area (Å²) in [6, 6.07) is 11.2. The summed E-state index contributed by atoms with van der Waals surface area (Å²) in [5, 5.41) is 3.55. The normalized spacial score (nSPS) is 11.5. The van der Waals surface area contributed by atoms with Crippen LogP contribution in [0.2, 0.25) is 10.0 Å². The molecule has 0 saturated carbocycles. The van der Waals surface area contributed by atoms with Crippen molar-refractivity contribution in [2.45, 2.75) is 20.0 Å². The number of rotatable bonds is 6. The Labute approximate surface area is 155 Å². The van der Waals surface area contributed by atoms with Gasteiger partial charge in [-0.15, -0.1) is 0 Å². The van der Waals surface area contributed by atoms with Gasteiger partial charge < -0.3 is 14.8 Å². The summed E-state index contributed by atoms with van der Waals surface area (Å²) in [5.74, 6) is -0.327. The zero-order valence-corrected chi connectivity index (χ0v) is 15.2. The molecule has 1 amide bonds. The van der Waals surface area contributed by atoms with E-state index in [1.165, 1.54) is 0 Å². The minimum Gasteiger partial charge on any atom is -0.479 e. The summed E-state index contributed by atoms with van der Waals surface area (Å²) >= 11 is 11.9. The van der Waals surface area contributed by atoms with Crippen LogP contribution in [0, 0.1) is 0 Å². The maximum Gasteiger partial charge on any atom is 0.347 e. The number of esters is 1. The van der Waals surface area contributed by atoms with Crippen LogP contribution in [-0.4, -0.2) is 24.6 Å². The van der Waals surface area contributed by atoms with Crippen LogP contribution < -0.4 is 10.1 Å². The Morgan fingerprint density at radius 2 is 1.80 bits per heavy atom. The van der Waals surface area contributed by atoms with Crippen molar-refractivity contribution >= 4 is 40.8 Å². The molecule has 2 aromatic carbocycles. The zero-order valence-electron chi connectivity index (χ0n) is 13.7. The van der Waals surface area contributed by atoms with E-state index in [1.807, 2.05) is 0 Å². The number of ether oxygens (including phenoxy) is 2. The fourth-order valence-corrected chi connectivity index (χ4v) is 2.32. The number of halogens is 2. The van der Waals surface area contributed by atoms with Crippen LogP contribution >= 0.6 is 23.2 Å². The quantitative estimate of drug-likeness (QED) is 0.743. The molecule has 0 fully saturated rings. The highest BCUT2D eigenvalue weighted by Crippen LogP contribution is 2.26. The number of carbonyl (C=O) groups excluding carboxylic acids is 2. The molecule has 0 aliphatic carbocycles. The van der Waals surface area contributed by atoms with E-state index in [1.54, 1.807) is 56.3 Å². The third kappa shape index (κ3) is 5.37. The van der Waals surface area contributed by atoms with Gasteiger partial charge in [0, 0.05) is 10.6 Å². The van der Waals surface area contributed by atoms with E-state index in [9.17, 15) is 9.59 Å². The molecule has 0 unspecified atom stereocenters. The highest BCUT2D eigenvalue weighted by Gasteiger charge is 2.16. The highest BCUT2D eigenvalue weighted by atomic mass is 35.5. The first-order chi connectivity index (χ1) is 11.9. The van der Waals surface area contributed by atoms with Gasteiger partial charge in [-0.1, -0.05) is 23.2 Å². The van der Waals surface area contributed by atoms with Crippen molar-refractivity contribution in [1.29, 1.82) is 0 Å². The van der Waals surface area contributed by atoms with Crippen molar-refractivity contribution in [3.05, 3.63) is 58.1 Å². The molecule has 0 spiro atoms. The topological polar surface area (TPSA) is 64.6 Å². The van der Waals surface area contributed by atoms with Crippen LogP contribution in [0.1, 0.15) is 24.2 Å². The van der Waals surface area contributed by atoms with Crippen LogP contribution in [0.25, 0.3) is 0 Å². The molecule has 2 rings (SSSR count). The molecule has 0 heterocycles. The molecule has 132 valence electrons. The molecule has 5 nitrogen and oxygen atoms in total. The number of benzene rings is 2. The van der Waals surface area contributed by atoms with Gasteiger partial charge in [0.2, 0.25) is 0 Å². The van der Waals surface area contributed by atoms with Gasteiger partial charge >= 0.3 is 5.97 Å². The largest absolute Gasteiger partial charge is 0.479 e. The van der Waals surface area contributed by atoms with E-state index in [0.29, 0.717) is 27.0 Å². The summed E-state index contributed by atoms with van der Waals surface area (Å²) in [6.45, 7) is 3.61. The highest BCUT2D eigenvalue weighted by molar-refractivity contribution is 6.35. The molecular formula is C18H17Cl2NO4. The summed E-state index contributed by atoms with van der Waals surface area (Å²) in [5.41, 5.74) is 0.836. The number of anilines is 1. The second-order valence-electron chi connectivity index (χ2n) is 5.11. The van der Waals surface area contributed by atoms with Crippen molar-refractivity contribution in [3.8, 4) is 5.75 Å². The molecule has 2 aromatic rings. The van der Waals surface area contributed by atoms with E-state index >= 15 is 0 Å². The standard InChI is InChI=1S/C18H17Cl2NO4/c1-3-24-18(23)11(2)25-14-7-4-12(5-8-14)17(22)21-16-10-13(19)6-9-15(16)20/h4-11H,3H2,1-2H3,(H,21,22)/t11-/m1/s1. The van der Waals surface area contributed by atoms with Crippen molar-refractivity contribution < 1.29 is 19.1 Å². The molecule has 0 aliphatic rings. The molecule has 0 saturated heterocycles. The zero-order chi connectivity index (χ0) is 18.4. The van der Waals surface area contributed by atoms with Crippen LogP contribution in [0.3, 0.4) is 0 Å². The second kappa shape index (κ2) is 8.74. The van der Waals surface area contributed by atoms with Crippen molar-refractivity contribution in [2.24, 2.45) is 0 Å². The van der Waals surface area contributed by atoms with Gasteiger partial charge in [-0.05, 0) is 56.3 Å². The number of nitrogens with one attached hydrogen (secondary N) is 1. The summed E-state index contributed by atoms with van der Waals surface area (Å²) in [6.07, 6.45) is -0.732. The molecule has 7 heteroatoms. The van der Waals surface area contributed by atoms with Gasteiger partial charge in [-0.25, -0.2) is 4.79 Å². The minimum absolute atomic E-state index is 0.289. The Bertz CT molecular complexity index is 762. The van der Waals surface area contributed by atoms with Crippen LogP contribution in [0.5, 0.6) is 5.75 Å². The van der Waals surface area contributed by atoms with E-state index in [-0.39, 0.29) is 12.5 Å². The van der Waals surface area contributed by atoms with Gasteiger partial charge in [0.05, 0.1) is 17.3 Å². The molecule has 0 aromatic heterocycles. The monoisotopic (exact) mass is 381 g/mol. The van der Waals surface area contributed by atoms with Crippen molar-refractivity contribution in [3.63, 3.8) is 0 Å². The first kappa shape index (κ1) is 19.1. The molecule has 1 N–H and O–H groups in total. The first-order valence-corrected chi connectivity index (χ1v) is 8.36. The molecule has 0 bridgehead atoms. The Kier molecular flexibility index (Phi) is 6.67. The minimum atomic E-state index is -0.732. The van der Waals surface area contributed by atoms with Gasteiger partial charge in [0.1, 0.15) is 5.75 Å². The number of hydrogen-bond acceptors (Lipinski definition) is 4. The second-order valence-corrected chi connectivity index (χ2v) is 5.96. The van der Waals surface area contributed by atoms with E-state index < -0.39 is 12.1 Å². The predicted octanol–water partition coefficient (Wildman–Crippen LogP) is 4.58. The lowest BCUT2D eigenvalue weighted by atomic mass is 10.2. The fourth-order valence-electron chi connectivity index (χ4n) is 1.98. The van der Waals surface area contributed by atoms with Gasteiger partial charge in [0.25, 0.3) is 5.91 Å². The van der Waals surface area contributed by atoms with E-state index in [0.717, 1.165) is 0 Å². The molecular weight excluding hydrogens is 365 g/mol. The Morgan fingerprint density at radius 3 is 2.44 bits per heavy atom. The van der Waals surface area contributed by atoms with E-state index in [4.69, 9.17) is 32.7 Å². The number of hydrogen-bond donors (Lipinski definition) is 1. The first-order valence-electron chi connectivity index (χ1n) is 7.60. The third-order valence-corrected chi connectivity index (χ3v) is 3.79. The Morgan fingerprint density at radius 1 is 1.12 bits per heavy atom. The fraction of sp³-hybridized carbons (Fsp3) is 0.222. The van der Waals surface area contributed by atoms with Crippen LogP contribution in [0.4, 0.5) is 5.69 Å².